The number of thioether (sulfide) groups is 1. The molecule has 1 fully saturated rings. The third-order valence-corrected chi connectivity index (χ3v) is 8.18. The van der Waals surface area contributed by atoms with Crippen LogP contribution in [0.15, 0.2) is 59.5 Å². The molecule has 6 nitrogen and oxygen atoms in total. The summed E-state index contributed by atoms with van der Waals surface area (Å²) in [5, 5.41) is 0. The number of benzene rings is 2. The molecule has 0 aromatic heterocycles. The molecule has 0 radical (unpaired) electrons. The van der Waals surface area contributed by atoms with Crippen molar-refractivity contribution >= 4 is 56.2 Å². The normalized spacial score (nSPS) is 15.1. The first-order valence-electron chi connectivity index (χ1n) is 11.7. The highest BCUT2D eigenvalue weighted by molar-refractivity contribution is 8.26. The van der Waals surface area contributed by atoms with E-state index in [1.165, 1.54) is 54.7 Å². The molecular weight excluding hydrogens is 500 g/mol. The fourth-order valence-electron chi connectivity index (χ4n) is 3.61. The van der Waals surface area contributed by atoms with Crippen molar-refractivity contribution in [2.24, 2.45) is 0 Å². The van der Waals surface area contributed by atoms with Crippen LogP contribution < -0.4 is 4.72 Å². The monoisotopic (exact) mass is 530 g/mol. The van der Waals surface area contributed by atoms with E-state index in [1.54, 1.807) is 24.3 Å². The zero-order valence-corrected chi connectivity index (χ0v) is 22.2. The van der Waals surface area contributed by atoms with Gasteiger partial charge >= 0.3 is 0 Å². The van der Waals surface area contributed by atoms with E-state index in [1.807, 2.05) is 16.9 Å². The highest BCUT2D eigenvalue weighted by Crippen LogP contribution is 2.32. The summed E-state index contributed by atoms with van der Waals surface area (Å²) in [6.45, 7) is 2.08. The van der Waals surface area contributed by atoms with Gasteiger partial charge in [0, 0.05) is 12.1 Å². The lowest BCUT2D eigenvalue weighted by Gasteiger charge is -2.14. The van der Waals surface area contributed by atoms with E-state index in [2.05, 4.69) is 19.1 Å². The Morgan fingerprint density at radius 2 is 1.71 bits per heavy atom. The van der Waals surface area contributed by atoms with Crippen molar-refractivity contribution < 1.29 is 18.0 Å². The Balaban J connectivity index is 1.54. The average molecular weight is 531 g/mol. The van der Waals surface area contributed by atoms with Gasteiger partial charge in [0.25, 0.3) is 11.8 Å². The fourth-order valence-corrected chi connectivity index (χ4v) is 5.84. The van der Waals surface area contributed by atoms with Crippen LogP contribution in [0.25, 0.3) is 6.08 Å². The number of amides is 2. The number of thiocarbonyl (C=S) groups is 1. The van der Waals surface area contributed by atoms with Crippen LogP contribution in [0.4, 0.5) is 0 Å². The molecule has 0 saturated carbocycles. The van der Waals surface area contributed by atoms with Crippen molar-refractivity contribution in [1.82, 2.24) is 9.62 Å². The lowest BCUT2D eigenvalue weighted by Crippen LogP contribution is -2.39. The number of aryl methyl sites for hydroxylation is 1. The van der Waals surface area contributed by atoms with E-state index in [-0.39, 0.29) is 18.0 Å². The summed E-state index contributed by atoms with van der Waals surface area (Å²) in [5.74, 6) is -1.47. The van der Waals surface area contributed by atoms with Crippen molar-refractivity contribution in [3.63, 3.8) is 0 Å². The SMILES string of the molecule is CCCCCCCc1ccc(/C=C2/SC(=S)N(CCS(=O)(=O)NC(=O)c3ccccc3)C2=O)cc1. The number of nitrogens with zero attached hydrogens (tertiary/aromatic N) is 1. The molecule has 1 aliphatic heterocycles. The van der Waals surface area contributed by atoms with Crippen LogP contribution in [-0.2, 0) is 21.2 Å². The molecule has 0 spiro atoms. The summed E-state index contributed by atoms with van der Waals surface area (Å²) in [6.07, 6.45) is 9.03. The van der Waals surface area contributed by atoms with Gasteiger partial charge in [-0.15, -0.1) is 0 Å². The standard InChI is InChI=1S/C26H30N2O4S3/c1-2-3-4-5-7-10-20-13-15-21(16-14-20)19-23-25(30)28(26(33)34-23)17-18-35(31,32)27-24(29)22-11-8-6-9-12-22/h6,8-9,11-16,19H,2-5,7,10,17-18H2,1H3,(H,27,29)/b23-19+. The Labute approximate surface area is 217 Å². The predicted octanol–water partition coefficient (Wildman–Crippen LogP) is 5.16. The van der Waals surface area contributed by atoms with E-state index in [0.717, 1.165) is 23.7 Å². The fraction of sp³-hybridized carbons (Fsp3) is 0.346. The van der Waals surface area contributed by atoms with E-state index in [9.17, 15) is 18.0 Å². The minimum Gasteiger partial charge on any atom is -0.292 e. The maximum Gasteiger partial charge on any atom is 0.266 e. The average Bonchev–Trinajstić information content (AvgIpc) is 3.11. The topological polar surface area (TPSA) is 83.6 Å². The summed E-state index contributed by atoms with van der Waals surface area (Å²) < 4.78 is 27.1. The Kier molecular flexibility index (Phi) is 10.1. The number of unbranched alkanes of at least 4 members (excludes halogenated alkanes) is 4. The lowest BCUT2D eigenvalue weighted by atomic mass is 10.0. The number of carbonyl (C=O) groups is 2. The molecule has 35 heavy (non-hydrogen) atoms. The van der Waals surface area contributed by atoms with Crippen LogP contribution in [0, 0.1) is 0 Å². The Bertz CT molecular complexity index is 1180. The number of rotatable bonds is 12. The van der Waals surface area contributed by atoms with Gasteiger partial charge in [-0.25, -0.2) is 13.1 Å². The van der Waals surface area contributed by atoms with Gasteiger partial charge in [-0.3, -0.25) is 14.5 Å². The molecule has 9 heteroatoms. The zero-order valence-electron chi connectivity index (χ0n) is 19.7. The van der Waals surface area contributed by atoms with Crippen LogP contribution >= 0.6 is 24.0 Å². The third-order valence-electron chi connectivity index (χ3n) is 5.59. The highest BCUT2D eigenvalue weighted by Gasteiger charge is 2.33. The molecular formula is C26H30N2O4S3. The van der Waals surface area contributed by atoms with E-state index < -0.39 is 21.7 Å². The Morgan fingerprint density at radius 3 is 2.40 bits per heavy atom. The van der Waals surface area contributed by atoms with Gasteiger partial charge in [0.05, 0.1) is 10.7 Å². The maximum absolute atomic E-state index is 12.8. The Hall–Kier alpha value is -2.49. The number of hydrogen-bond donors (Lipinski definition) is 1. The van der Waals surface area contributed by atoms with Crippen molar-refractivity contribution in [3.8, 4) is 0 Å². The quantitative estimate of drug-likeness (QED) is 0.232. The second kappa shape index (κ2) is 13.0. The minimum absolute atomic E-state index is 0.129. The van der Waals surface area contributed by atoms with E-state index in [0.29, 0.717) is 9.23 Å². The summed E-state index contributed by atoms with van der Waals surface area (Å²) >= 11 is 6.46. The minimum atomic E-state index is -3.94. The van der Waals surface area contributed by atoms with Crippen molar-refractivity contribution in [2.45, 2.75) is 45.4 Å². The van der Waals surface area contributed by atoms with Crippen LogP contribution in [0.3, 0.4) is 0 Å². The first-order valence-corrected chi connectivity index (χ1v) is 14.6. The number of carbonyl (C=O) groups excluding carboxylic acids is 2. The van der Waals surface area contributed by atoms with Crippen LogP contribution in [0.2, 0.25) is 0 Å². The van der Waals surface area contributed by atoms with Crippen LogP contribution in [0.1, 0.15) is 60.5 Å². The number of hydrogen-bond acceptors (Lipinski definition) is 6. The zero-order chi connectivity index (χ0) is 25.3. The summed E-state index contributed by atoms with van der Waals surface area (Å²) in [5.41, 5.74) is 2.41. The second-order valence-electron chi connectivity index (χ2n) is 8.36. The first-order chi connectivity index (χ1) is 16.8. The number of sulfonamides is 1. The van der Waals surface area contributed by atoms with Gasteiger partial charge in [0.1, 0.15) is 4.32 Å². The molecule has 0 bridgehead atoms. The van der Waals surface area contributed by atoms with Gasteiger partial charge < -0.3 is 0 Å². The summed E-state index contributed by atoms with van der Waals surface area (Å²) in [7, 11) is -3.94. The van der Waals surface area contributed by atoms with Gasteiger partial charge in [-0.2, -0.15) is 0 Å². The molecule has 2 aromatic carbocycles. The van der Waals surface area contributed by atoms with Gasteiger partial charge in [0.15, 0.2) is 0 Å². The molecule has 1 N–H and O–H groups in total. The molecule has 1 heterocycles. The van der Waals surface area contributed by atoms with Crippen molar-refractivity contribution in [3.05, 3.63) is 76.2 Å². The molecule has 0 aliphatic carbocycles. The number of nitrogens with one attached hydrogen (secondary N) is 1. The molecule has 0 unspecified atom stereocenters. The molecule has 0 atom stereocenters. The van der Waals surface area contributed by atoms with E-state index >= 15 is 0 Å². The lowest BCUT2D eigenvalue weighted by molar-refractivity contribution is -0.121. The summed E-state index contributed by atoms with van der Waals surface area (Å²) in [4.78, 5) is 26.7. The van der Waals surface area contributed by atoms with Gasteiger partial charge in [0.2, 0.25) is 10.0 Å². The molecule has 1 aliphatic rings. The highest BCUT2D eigenvalue weighted by atomic mass is 32.2. The second-order valence-corrected chi connectivity index (χ2v) is 11.9. The Morgan fingerprint density at radius 1 is 1.03 bits per heavy atom. The van der Waals surface area contributed by atoms with Gasteiger partial charge in [-0.05, 0) is 42.2 Å². The predicted molar refractivity (Wildman–Crippen MR) is 146 cm³/mol. The first kappa shape index (κ1) is 27.1. The molecule has 2 amide bonds. The summed E-state index contributed by atoms with van der Waals surface area (Å²) in [6, 6.07) is 16.2. The van der Waals surface area contributed by atoms with Crippen molar-refractivity contribution in [1.29, 1.82) is 0 Å². The van der Waals surface area contributed by atoms with Crippen LogP contribution in [-0.4, -0.2) is 41.8 Å². The van der Waals surface area contributed by atoms with Crippen LogP contribution in [0.5, 0.6) is 0 Å². The smallest absolute Gasteiger partial charge is 0.266 e. The molecule has 2 aromatic rings. The maximum atomic E-state index is 12.8. The largest absolute Gasteiger partial charge is 0.292 e. The van der Waals surface area contributed by atoms with E-state index in [4.69, 9.17) is 12.2 Å². The molecule has 3 rings (SSSR count). The molecule has 1 saturated heterocycles. The molecule has 186 valence electrons. The van der Waals surface area contributed by atoms with Gasteiger partial charge in [-0.1, -0.05) is 99.1 Å². The third kappa shape index (κ3) is 8.30. The van der Waals surface area contributed by atoms with Crippen molar-refractivity contribution in [2.75, 3.05) is 12.3 Å².